The number of hydrogen-bond acceptors (Lipinski definition) is 4. The molecule has 0 bridgehead atoms. The number of carbonyl (C=O) groups excluding carboxylic acids is 2. The van der Waals surface area contributed by atoms with Crippen LogP contribution in [0.2, 0.25) is 0 Å². The third-order valence-electron chi connectivity index (χ3n) is 7.42. The maximum Gasteiger partial charge on any atom is 0.416 e. The first-order chi connectivity index (χ1) is 18.3. The zero-order chi connectivity index (χ0) is 28.4. The molecule has 1 heterocycles. The van der Waals surface area contributed by atoms with Crippen LogP contribution in [0.5, 0.6) is 0 Å². The molecule has 6 nitrogen and oxygen atoms in total. The third kappa shape index (κ3) is 7.30. The molecule has 212 valence electrons. The molecule has 0 unspecified atom stereocenters. The smallest absolute Gasteiger partial charge is 0.390 e. The Morgan fingerprint density at radius 2 is 1.49 bits per heavy atom. The van der Waals surface area contributed by atoms with Crippen LogP contribution in [-0.2, 0) is 17.1 Å². The Morgan fingerprint density at radius 1 is 0.872 bits per heavy atom. The Balaban J connectivity index is 1.24. The van der Waals surface area contributed by atoms with E-state index in [9.17, 15) is 41.0 Å². The molecule has 2 aromatic rings. The fraction of sp³-hybridized carbons (Fsp3) is 0.481. The Bertz CT molecular complexity index is 1180. The van der Waals surface area contributed by atoms with Crippen molar-refractivity contribution in [2.24, 2.45) is 0 Å². The molecule has 12 heteroatoms. The topological polar surface area (TPSA) is 81.7 Å². The third-order valence-corrected chi connectivity index (χ3v) is 7.42. The lowest BCUT2D eigenvalue weighted by atomic mass is 9.81. The number of aliphatic hydroxyl groups excluding tert-OH is 1. The van der Waals surface area contributed by atoms with Gasteiger partial charge in [-0.15, -0.1) is 0 Å². The van der Waals surface area contributed by atoms with Crippen molar-refractivity contribution < 1.29 is 41.0 Å². The van der Waals surface area contributed by atoms with Gasteiger partial charge >= 0.3 is 12.4 Å². The summed E-state index contributed by atoms with van der Waals surface area (Å²) in [6, 6.07) is 8.80. The van der Waals surface area contributed by atoms with E-state index < -0.39 is 54.0 Å². The van der Waals surface area contributed by atoms with Gasteiger partial charge in [0.25, 0.3) is 5.91 Å². The SMILES string of the molecule is O=C(CNC(=O)c1cccc(C(F)(F)F)c1)N[C@H]1CN(C2CCC(c3cccc(C(F)(F)F)c3)CC2)C[C@@H]1O. The number of likely N-dealkylation sites (tertiary alicyclic amines) is 1. The quantitative estimate of drug-likeness (QED) is 0.462. The van der Waals surface area contributed by atoms with Gasteiger partial charge in [0.2, 0.25) is 5.91 Å². The van der Waals surface area contributed by atoms with Gasteiger partial charge in [0.1, 0.15) is 0 Å². The molecule has 1 saturated carbocycles. The van der Waals surface area contributed by atoms with Crippen LogP contribution in [0.4, 0.5) is 26.3 Å². The molecule has 2 amide bonds. The van der Waals surface area contributed by atoms with Gasteiger partial charge in [0.15, 0.2) is 0 Å². The number of aliphatic hydroxyl groups is 1. The lowest BCUT2D eigenvalue weighted by molar-refractivity contribution is -0.138. The minimum atomic E-state index is -4.60. The number of alkyl halides is 6. The number of β-amino-alcohol motifs (C(OH)–C–C–N with tert-alkyl or cyclic N) is 1. The molecule has 0 spiro atoms. The Morgan fingerprint density at radius 3 is 2.13 bits per heavy atom. The summed E-state index contributed by atoms with van der Waals surface area (Å²) >= 11 is 0. The van der Waals surface area contributed by atoms with E-state index in [1.54, 1.807) is 6.07 Å². The molecule has 3 N–H and O–H groups in total. The predicted octanol–water partition coefficient (Wildman–Crippen LogP) is 4.34. The zero-order valence-corrected chi connectivity index (χ0v) is 20.9. The summed E-state index contributed by atoms with van der Waals surface area (Å²) in [4.78, 5) is 26.6. The average Bonchev–Trinajstić information content (AvgIpc) is 3.26. The minimum absolute atomic E-state index is 0.0204. The van der Waals surface area contributed by atoms with Crippen LogP contribution < -0.4 is 10.6 Å². The molecule has 1 aliphatic heterocycles. The molecular weight excluding hydrogens is 528 g/mol. The second-order valence-corrected chi connectivity index (χ2v) is 10.1. The first-order valence-electron chi connectivity index (χ1n) is 12.7. The number of nitrogens with zero attached hydrogens (tertiary/aromatic N) is 1. The van der Waals surface area contributed by atoms with Gasteiger partial charge in [-0.2, -0.15) is 26.3 Å². The number of halogens is 6. The molecule has 1 aliphatic carbocycles. The minimum Gasteiger partial charge on any atom is -0.390 e. The van der Waals surface area contributed by atoms with Crippen molar-refractivity contribution in [2.75, 3.05) is 19.6 Å². The summed E-state index contributed by atoms with van der Waals surface area (Å²) < 4.78 is 77.8. The highest BCUT2D eigenvalue weighted by Crippen LogP contribution is 2.38. The van der Waals surface area contributed by atoms with E-state index in [4.69, 9.17) is 0 Å². The van der Waals surface area contributed by atoms with Crippen LogP contribution >= 0.6 is 0 Å². The van der Waals surface area contributed by atoms with E-state index in [1.807, 2.05) is 0 Å². The average molecular weight is 558 g/mol. The van der Waals surface area contributed by atoms with Crippen molar-refractivity contribution in [2.45, 2.75) is 62.1 Å². The molecule has 39 heavy (non-hydrogen) atoms. The second-order valence-electron chi connectivity index (χ2n) is 10.1. The Hall–Kier alpha value is -3.12. The molecule has 1 saturated heterocycles. The van der Waals surface area contributed by atoms with Crippen LogP contribution in [-0.4, -0.2) is 59.6 Å². The van der Waals surface area contributed by atoms with Crippen LogP contribution in [0.3, 0.4) is 0 Å². The molecule has 2 fully saturated rings. The zero-order valence-electron chi connectivity index (χ0n) is 20.9. The second kappa shape index (κ2) is 11.5. The Labute approximate surface area is 221 Å². The normalized spacial score (nSPS) is 24.4. The standard InChI is InChI=1S/C27H29F6N3O3/c28-26(29,30)19-5-1-3-17(11-19)16-7-9-21(10-8-16)36-14-22(23(37)15-36)35-24(38)13-34-25(39)18-4-2-6-20(12-18)27(31,32)33/h1-6,11-12,16,21-23,37H,7-10,13-15H2,(H,34,39)(H,35,38)/t16?,21?,22-,23-/m0/s1. The van der Waals surface area contributed by atoms with Crippen LogP contribution in [0.15, 0.2) is 48.5 Å². The van der Waals surface area contributed by atoms with E-state index in [0.717, 1.165) is 31.0 Å². The highest BCUT2D eigenvalue weighted by atomic mass is 19.4. The van der Waals surface area contributed by atoms with Gasteiger partial charge in [0, 0.05) is 24.7 Å². The highest BCUT2D eigenvalue weighted by Gasteiger charge is 2.38. The van der Waals surface area contributed by atoms with Crippen molar-refractivity contribution in [3.05, 3.63) is 70.8 Å². The molecule has 2 aromatic carbocycles. The summed E-state index contributed by atoms with van der Waals surface area (Å²) in [6.45, 7) is 0.216. The van der Waals surface area contributed by atoms with Gasteiger partial charge in [-0.25, -0.2) is 0 Å². The molecule has 4 rings (SSSR count). The monoisotopic (exact) mass is 557 g/mol. The van der Waals surface area contributed by atoms with Crippen LogP contribution in [0.25, 0.3) is 0 Å². The molecular formula is C27H29F6N3O3. The summed E-state index contributed by atoms with van der Waals surface area (Å²) in [5, 5.41) is 15.4. The van der Waals surface area contributed by atoms with Crippen LogP contribution in [0, 0.1) is 0 Å². The molecule has 0 aromatic heterocycles. The van der Waals surface area contributed by atoms with E-state index in [0.29, 0.717) is 37.6 Å². The summed E-state index contributed by atoms with van der Waals surface area (Å²) in [5.74, 6) is -1.40. The fourth-order valence-corrected chi connectivity index (χ4v) is 5.36. The summed E-state index contributed by atoms with van der Waals surface area (Å²) in [6.07, 6.45) is -6.96. The molecule has 0 radical (unpaired) electrons. The molecule has 2 aliphatic rings. The van der Waals surface area contributed by atoms with Gasteiger partial charge < -0.3 is 15.7 Å². The number of hydrogen-bond donors (Lipinski definition) is 3. The largest absolute Gasteiger partial charge is 0.416 e. The maximum atomic E-state index is 13.1. The number of carbonyl (C=O) groups is 2. The number of benzene rings is 2. The number of amides is 2. The van der Waals surface area contributed by atoms with Gasteiger partial charge in [-0.1, -0.05) is 24.3 Å². The fourth-order valence-electron chi connectivity index (χ4n) is 5.36. The Kier molecular flexibility index (Phi) is 8.55. The van der Waals surface area contributed by atoms with E-state index in [2.05, 4.69) is 15.5 Å². The first kappa shape index (κ1) is 28.9. The number of rotatable bonds is 6. The van der Waals surface area contributed by atoms with Gasteiger partial charge in [-0.05, 0) is 61.4 Å². The van der Waals surface area contributed by atoms with Crippen molar-refractivity contribution in [1.29, 1.82) is 0 Å². The van der Waals surface area contributed by atoms with E-state index in [1.165, 1.54) is 18.2 Å². The van der Waals surface area contributed by atoms with Crippen LogP contribution in [0.1, 0.15) is 58.6 Å². The van der Waals surface area contributed by atoms with Crippen molar-refractivity contribution in [3.63, 3.8) is 0 Å². The lowest BCUT2D eigenvalue weighted by Gasteiger charge is -2.35. The maximum absolute atomic E-state index is 13.1. The first-order valence-corrected chi connectivity index (χ1v) is 12.7. The van der Waals surface area contributed by atoms with Crippen molar-refractivity contribution in [1.82, 2.24) is 15.5 Å². The van der Waals surface area contributed by atoms with Gasteiger partial charge in [0.05, 0.1) is 29.8 Å². The summed E-state index contributed by atoms with van der Waals surface area (Å²) in [5.41, 5.74) is -1.19. The van der Waals surface area contributed by atoms with Crippen molar-refractivity contribution in [3.8, 4) is 0 Å². The van der Waals surface area contributed by atoms with Gasteiger partial charge in [-0.3, -0.25) is 14.5 Å². The van der Waals surface area contributed by atoms with E-state index >= 15 is 0 Å². The lowest BCUT2D eigenvalue weighted by Crippen LogP contribution is -2.47. The molecule has 2 atom stereocenters. The van der Waals surface area contributed by atoms with Crippen molar-refractivity contribution >= 4 is 11.8 Å². The van der Waals surface area contributed by atoms with E-state index in [-0.39, 0.29) is 17.5 Å². The predicted molar refractivity (Wildman–Crippen MR) is 130 cm³/mol. The highest BCUT2D eigenvalue weighted by molar-refractivity contribution is 5.96. The number of nitrogens with one attached hydrogen (secondary N) is 2. The summed E-state index contributed by atoms with van der Waals surface area (Å²) in [7, 11) is 0.